The Hall–Kier alpha value is -5.06. The van der Waals surface area contributed by atoms with Crippen LogP contribution in [0.3, 0.4) is 0 Å². The molecule has 3 aromatic heterocycles. The molecule has 4 amide bonds. The van der Waals surface area contributed by atoms with E-state index in [4.69, 9.17) is 14.7 Å². The number of carbonyl (C=O) groups is 4. The molecular formula is C41H52N8O6SSi. The van der Waals surface area contributed by atoms with Gasteiger partial charge in [0.1, 0.15) is 30.3 Å². The summed E-state index contributed by atoms with van der Waals surface area (Å²) in [6.45, 7) is 12.1. The zero-order valence-corrected chi connectivity index (χ0v) is 35.3. The number of hydrogen-bond donors (Lipinski definition) is 5. The number of benzene rings is 2. The summed E-state index contributed by atoms with van der Waals surface area (Å²) in [6, 6.07) is 13.8. The fourth-order valence-corrected chi connectivity index (χ4v) is 12.2. The van der Waals surface area contributed by atoms with Crippen LogP contribution in [0.4, 0.5) is 4.79 Å². The van der Waals surface area contributed by atoms with Crippen LogP contribution in [-0.4, -0.2) is 105 Å². The fraction of sp³-hybridized carbons (Fsp3) is 0.463. The predicted molar refractivity (Wildman–Crippen MR) is 223 cm³/mol. The lowest BCUT2D eigenvalue weighted by atomic mass is 10.0. The van der Waals surface area contributed by atoms with Gasteiger partial charge in [-0.2, -0.15) is 0 Å². The van der Waals surface area contributed by atoms with Gasteiger partial charge in [0.25, 0.3) is 0 Å². The minimum absolute atomic E-state index is 0.111. The van der Waals surface area contributed by atoms with Crippen molar-refractivity contribution >= 4 is 64.3 Å². The van der Waals surface area contributed by atoms with E-state index in [1.54, 1.807) is 16.2 Å². The van der Waals surface area contributed by atoms with Gasteiger partial charge in [0.2, 0.25) is 17.7 Å². The Kier molecular flexibility index (Phi) is 11.3. The van der Waals surface area contributed by atoms with Crippen LogP contribution in [0.1, 0.15) is 64.3 Å². The Labute approximate surface area is 336 Å². The Bertz CT molecular complexity index is 2250. The number of carbonyl (C=O) groups excluding carboxylic acids is 4. The third-order valence-corrected chi connectivity index (χ3v) is 15.0. The summed E-state index contributed by atoms with van der Waals surface area (Å²) in [6.07, 6.45) is 3.50. The van der Waals surface area contributed by atoms with E-state index >= 15 is 0 Å². The highest BCUT2D eigenvalue weighted by atomic mass is 32.1. The lowest BCUT2D eigenvalue weighted by molar-refractivity contribution is -0.139. The zero-order chi connectivity index (χ0) is 40.8. The number of ether oxygens (including phenoxy) is 1. The minimum Gasteiger partial charge on any atom is -0.453 e. The Balaban J connectivity index is 1.07. The molecule has 2 aliphatic heterocycles. The molecule has 4 atom stereocenters. The number of methoxy groups -OCH3 is 1. The predicted octanol–water partition coefficient (Wildman–Crippen LogP) is 6.14. The van der Waals surface area contributed by atoms with Crippen molar-refractivity contribution in [2.24, 2.45) is 11.8 Å². The molecule has 2 saturated heterocycles. The maximum Gasteiger partial charge on any atom is 0.407 e. The number of thiophene rings is 1. The van der Waals surface area contributed by atoms with Crippen LogP contribution in [0.5, 0.6) is 0 Å². The third kappa shape index (κ3) is 8.20. The molecule has 0 saturated carbocycles. The first-order valence-corrected chi connectivity index (χ1v) is 23.8. The molecule has 0 bridgehead atoms. The summed E-state index contributed by atoms with van der Waals surface area (Å²) in [4.78, 5) is 73.0. The molecule has 2 aromatic carbocycles. The number of aliphatic hydroxyl groups excluding tert-OH is 1. The number of aliphatic hydroxyl groups is 1. The van der Waals surface area contributed by atoms with Crippen LogP contribution < -0.4 is 10.6 Å². The average Bonchev–Trinajstić information content (AvgIpc) is 4.03. The van der Waals surface area contributed by atoms with E-state index in [0.29, 0.717) is 12.7 Å². The van der Waals surface area contributed by atoms with Crippen molar-refractivity contribution in [1.29, 1.82) is 0 Å². The molecule has 302 valence electrons. The van der Waals surface area contributed by atoms with Crippen LogP contribution in [0, 0.1) is 11.8 Å². The number of H-pyrrole nitrogens is 2. The maximum absolute atomic E-state index is 13.9. The first-order chi connectivity index (χ1) is 27.2. The normalized spacial score (nSPS) is 19.1. The van der Waals surface area contributed by atoms with Gasteiger partial charge in [-0.15, -0.1) is 11.3 Å². The Morgan fingerprint density at radius 2 is 1.61 bits per heavy atom. The Morgan fingerprint density at radius 1 is 0.930 bits per heavy atom. The van der Waals surface area contributed by atoms with Crippen molar-refractivity contribution in [2.45, 2.75) is 83.8 Å². The molecule has 0 radical (unpaired) electrons. The quantitative estimate of drug-likeness (QED) is 0.0985. The molecular weight excluding hydrogens is 761 g/mol. The van der Waals surface area contributed by atoms with E-state index in [2.05, 4.69) is 76.2 Å². The van der Waals surface area contributed by atoms with Crippen molar-refractivity contribution in [3.63, 3.8) is 0 Å². The van der Waals surface area contributed by atoms with Crippen LogP contribution in [0.15, 0.2) is 48.7 Å². The average molecular weight is 813 g/mol. The molecule has 5 heterocycles. The van der Waals surface area contributed by atoms with E-state index in [9.17, 15) is 24.3 Å². The molecule has 2 fully saturated rings. The largest absolute Gasteiger partial charge is 0.453 e. The second kappa shape index (κ2) is 16.1. The number of fused-ring (bicyclic) bond motifs is 2. The molecule has 16 heteroatoms. The SMILES string of the molecule is COC(=O)NC(C(=O)N1C[Si](C)(C)CC1c1ncc(-c2ccc(-c3cc4cc5[nH]c([C@@H]6CCCN6C(=O)C(NC(=O)CO)C(C)C)nc5cc4s3)cc2)[nH]1)C(C)C. The van der Waals surface area contributed by atoms with E-state index in [1.807, 2.05) is 38.8 Å². The number of aromatic nitrogens is 4. The highest BCUT2D eigenvalue weighted by Crippen LogP contribution is 2.40. The number of alkyl carbamates (subject to hydrolysis) is 1. The van der Waals surface area contributed by atoms with E-state index in [1.165, 1.54) is 7.11 Å². The number of amides is 4. The molecule has 7 rings (SSSR count). The first-order valence-electron chi connectivity index (χ1n) is 19.6. The standard InChI is InChI=1S/C41H52N8O6SSi/c1-22(2)35(46-34(51)19-50)39(52)48-14-8-9-30(48)38-43-27-15-26-16-32(56-33(26)17-28(27)44-38)25-12-10-24(11-13-25)29-18-42-37(45-29)31-20-57(6,7)21-49(31)40(53)36(23(3)4)47-41(54)55-5/h10-13,15-18,22-23,30-31,35-36,50H,8-9,14,19-21H2,1-7H3,(H,42,45)(H,43,44)(H,46,51)(H,47,54)/t30-,31?,35?,36?/m0/s1. The van der Waals surface area contributed by atoms with Gasteiger partial charge >= 0.3 is 6.09 Å². The molecule has 2 aliphatic rings. The number of aromatic amines is 2. The number of imidazole rings is 2. The second-order valence-electron chi connectivity index (χ2n) is 16.7. The van der Waals surface area contributed by atoms with Crippen molar-refractivity contribution in [3.05, 3.63) is 60.3 Å². The van der Waals surface area contributed by atoms with Gasteiger partial charge in [-0.1, -0.05) is 65.1 Å². The summed E-state index contributed by atoms with van der Waals surface area (Å²) < 4.78 is 5.91. The monoisotopic (exact) mass is 812 g/mol. The number of likely N-dealkylation sites (tertiary alicyclic amines) is 1. The maximum atomic E-state index is 13.9. The number of nitrogens with one attached hydrogen (secondary N) is 4. The molecule has 0 aliphatic carbocycles. The van der Waals surface area contributed by atoms with Crippen molar-refractivity contribution in [3.8, 4) is 21.7 Å². The first kappa shape index (κ1) is 40.1. The van der Waals surface area contributed by atoms with Gasteiger partial charge in [-0.05, 0) is 65.4 Å². The van der Waals surface area contributed by atoms with Crippen LogP contribution >= 0.6 is 11.3 Å². The van der Waals surface area contributed by atoms with Gasteiger partial charge in [0, 0.05) is 22.3 Å². The summed E-state index contributed by atoms with van der Waals surface area (Å²) >= 11 is 1.69. The number of nitrogens with zero attached hydrogens (tertiary/aromatic N) is 4. The van der Waals surface area contributed by atoms with Gasteiger partial charge in [0.05, 0.1) is 50.2 Å². The van der Waals surface area contributed by atoms with Gasteiger partial charge in [-0.3, -0.25) is 14.4 Å². The van der Waals surface area contributed by atoms with Crippen LogP contribution in [-0.2, 0) is 19.1 Å². The van der Waals surface area contributed by atoms with Crippen molar-refractivity contribution in [2.75, 3.05) is 26.4 Å². The van der Waals surface area contributed by atoms with E-state index < -0.39 is 38.8 Å². The molecule has 3 unspecified atom stereocenters. The van der Waals surface area contributed by atoms with Crippen LogP contribution in [0.25, 0.3) is 42.8 Å². The van der Waals surface area contributed by atoms with Crippen molar-refractivity contribution < 1.29 is 29.0 Å². The summed E-state index contributed by atoms with van der Waals surface area (Å²) in [5.74, 6) is 0.386. The third-order valence-electron chi connectivity index (χ3n) is 11.2. The second-order valence-corrected chi connectivity index (χ2v) is 22.9. The minimum atomic E-state index is -1.75. The summed E-state index contributed by atoms with van der Waals surface area (Å²) in [7, 11) is -0.448. The van der Waals surface area contributed by atoms with E-state index in [-0.39, 0.29) is 35.7 Å². The molecule has 5 N–H and O–H groups in total. The van der Waals surface area contributed by atoms with Gasteiger partial charge < -0.3 is 40.2 Å². The van der Waals surface area contributed by atoms with E-state index in [0.717, 1.165) is 73.4 Å². The molecule has 14 nitrogen and oxygen atoms in total. The van der Waals surface area contributed by atoms with Gasteiger partial charge in [-0.25, -0.2) is 14.8 Å². The lowest BCUT2D eigenvalue weighted by Gasteiger charge is -2.30. The Morgan fingerprint density at radius 3 is 2.30 bits per heavy atom. The van der Waals surface area contributed by atoms with Crippen LogP contribution in [0.2, 0.25) is 19.1 Å². The highest BCUT2D eigenvalue weighted by Gasteiger charge is 2.46. The van der Waals surface area contributed by atoms with Gasteiger partial charge in [0.15, 0.2) is 0 Å². The number of rotatable bonds is 11. The summed E-state index contributed by atoms with van der Waals surface area (Å²) in [5, 5.41) is 15.8. The molecule has 57 heavy (non-hydrogen) atoms. The smallest absolute Gasteiger partial charge is 0.407 e. The molecule has 0 spiro atoms. The number of hydrogen-bond acceptors (Lipinski definition) is 9. The molecule has 5 aromatic rings. The van der Waals surface area contributed by atoms with Crippen molar-refractivity contribution in [1.82, 2.24) is 40.4 Å². The topological polar surface area (TPSA) is 186 Å². The lowest BCUT2D eigenvalue weighted by Crippen LogP contribution is -2.52. The highest BCUT2D eigenvalue weighted by molar-refractivity contribution is 7.22. The zero-order valence-electron chi connectivity index (χ0n) is 33.5. The summed E-state index contributed by atoms with van der Waals surface area (Å²) in [5.41, 5.74) is 4.67. The fourth-order valence-electron chi connectivity index (χ4n) is 8.18.